The average Bonchev–Trinajstić information content (AvgIpc) is 2.83. The van der Waals surface area contributed by atoms with Gasteiger partial charge in [0.25, 0.3) is 0 Å². The highest BCUT2D eigenvalue weighted by molar-refractivity contribution is 5.73. The van der Waals surface area contributed by atoms with Gasteiger partial charge in [-0.15, -0.1) is 0 Å². The summed E-state index contributed by atoms with van der Waals surface area (Å²) in [6, 6.07) is 5.27. The van der Waals surface area contributed by atoms with E-state index in [9.17, 15) is 9.90 Å². The van der Waals surface area contributed by atoms with Gasteiger partial charge in [0.05, 0.1) is 19.8 Å². The van der Waals surface area contributed by atoms with E-state index in [1.807, 2.05) is 18.2 Å². The summed E-state index contributed by atoms with van der Waals surface area (Å²) in [5, 5.41) is 16.3. The van der Waals surface area contributed by atoms with Gasteiger partial charge < -0.3 is 35.7 Å². The highest BCUT2D eigenvalue weighted by Crippen LogP contribution is 2.31. The molecule has 3 unspecified atom stereocenters. The van der Waals surface area contributed by atoms with E-state index in [0.29, 0.717) is 37.8 Å². The average molecular weight is 510 g/mol. The Bertz CT molecular complexity index is 757. The van der Waals surface area contributed by atoms with Gasteiger partial charge in [0.1, 0.15) is 0 Å². The number of aliphatic hydroxyl groups is 1. The van der Waals surface area contributed by atoms with E-state index in [-0.39, 0.29) is 23.9 Å². The van der Waals surface area contributed by atoms with Crippen molar-refractivity contribution in [2.75, 3.05) is 40.5 Å². The van der Waals surface area contributed by atoms with Gasteiger partial charge in [0, 0.05) is 39.3 Å². The molecule has 0 aliphatic heterocycles. The van der Waals surface area contributed by atoms with Gasteiger partial charge in [0.15, 0.2) is 11.5 Å². The van der Waals surface area contributed by atoms with Crippen LogP contribution in [0, 0.1) is 17.3 Å². The van der Waals surface area contributed by atoms with E-state index in [2.05, 4.69) is 45.3 Å². The molecule has 0 heterocycles. The minimum Gasteiger partial charge on any atom is -0.493 e. The zero-order valence-electron chi connectivity index (χ0n) is 23.6. The Morgan fingerprint density at radius 2 is 1.86 bits per heavy atom. The van der Waals surface area contributed by atoms with Crippen molar-refractivity contribution >= 4 is 6.03 Å². The zero-order valence-corrected chi connectivity index (χ0v) is 23.6. The van der Waals surface area contributed by atoms with Crippen molar-refractivity contribution < 1.29 is 24.1 Å². The van der Waals surface area contributed by atoms with Gasteiger partial charge in [-0.3, -0.25) is 0 Å². The van der Waals surface area contributed by atoms with Gasteiger partial charge in [-0.25, -0.2) is 4.79 Å². The van der Waals surface area contributed by atoms with Gasteiger partial charge in [-0.05, 0) is 54.2 Å². The van der Waals surface area contributed by atoms with E-state index in [1.165, 1.54) is 0 Å². The Balaban J connectivity index is 2.65. The number of carbonyl (C=O) groups is 1. The first kappa shape index (κ1) is 32.0. The van der Waals surface area contributed by atoms with E-state index in [4.69, 9.17) is 19.9 Å². The third-order valence-electron chi connectivity index (χ3n) is 6.61. The van der Waals surface area contributed by atoms with Gasteiger partial charge in [-0.1, -0.05) is 47.1 Å². The number of methoxy groups -OCH3 is 2. The Morgan fingerprint density at radius 3 is 2.47 bits per heavy atom. The first-order valence-electron chi connectivity index (χ1n) is 13.3. The van der Waals surface area contributed by atoms with Crippen molar-refractivity contribution in [3.8, 4) is 11.5 Å². The number of hydrogen-bond acceptors (Lipinski definition) is 6. The maximum absolute atomic E-state index is 12.2. The normalized spacial score (nSPS) is 14.3. The Kier molecular flexibility index (Phi) is 14.8. The fourth-order valence-electron chi connectivity index (χ4n) is 4.24. The molecule has 5 N–H and O–H groups in total. The highest BCUT2D eigenvalue weighted by Gasteiger charge is 2.24. The number of carbonyl (C=O) groups excluding carboxylic acids is 1. The number of hydrogen-bond donors (Lipinski definition) is 4. The third kappa shape index (κ3) is 12.3. The fourth-order valence-corrected chi connectivity index (χ4v) is 4.24. The molecule has 1 rings (SSSR count). The number of rotatable bonds is 18. The number of nitrogens with one attached hydrogen (secondary N) is 2. The summed E-state index contributed by atoms with van der Waals surface area (Å²) in [7, 11) is 3.31. The molecule has 8 nitrogen and oxygen atoms in total. The maximum Gasteiger partial charge on any atom is 0.314 e. The van der Waals surface area contributed by atoms with Crippen molar-refractivity contribution in [3.05, 3.63) is 23.8 Å². The van der Waals surface area contributed by atoms with E-state index in [1.54, 1.807) is 14.2 Å². The predicted octanol–water partition coefficient (Wildman–Crippen LogP) is 4.13. The molecular formula is C28H51N3O5. The van der Waals surface area contributed by atoms with Gasteiger partial charge in [-0.2, -0.15) is 0 Å². The van der Waals surface area contributed by atoms with Crippen molar-refractivity contribution in [3.63, 3.8) is 0 Å². The molecule has 1 aromatic carbocycles. The molecule has 8 heteroatoms. The topological polar surface area (TPSA) is 115 Å². The molecule has 0 spiro atoms. The van der Waals surface area contributed by atoms with Crippen LogP contribution < -0.4 is 25.8 Å². The highest BCUT2D eigenvalue weighted by atomic mass is 16.5. The molecule has 0 saturated heterocycles. The molecular weight excluding hydrogens is 458 g/mol. The lowest BCUT2D eigenvalue weighted by Crippen LogP contribution is -2.48. The summed E-state index contributed by atoms with van der Waals surface area (Å²) in [4.78, 5) is 12.2. The van der Waals surface area contributed by atoms with Crippen molar-refractivity contribution in [1.82, 2.24) is 10.6 Å². The van der Waals surface area contributed by atoms with E-state index >= 15 is 0 Å². The standard InChI is InChI=1S/C28H51N3O5/c1-8-12-28(4,5)19-31-27(33)30-18-24(32)23(29)17-22(20(2)3)15-21-10-11-25(35-7)26(16-21)36-14-9-13-34-6/h10-11,16,20,22-24,32H,8-9,12-15,17-19,29H2,1-7H3,(H2,30,31,33). The first-order valence-corrected chi connectivity index (χ1v) is 13.3. The number of aliphatic hydroxyl groups excluding tert-OH is 1. The van der Waals surface area contributed by atoms with Crippen molar-refractivity contribution in [2.45, 2.75) is 78.9 Å². The van der Waals surface area contributed by atoms with Crippen LogP contribution in [0.5, 0.6) is 11.5 Å². The van der Waals surface area contributed by atoms with Crippen LogP contribution in [0.15, 0.2) is 18.2 Å². The molecule has 36 heavy (non-hydrogen) atoms. The number of nitrogens with two attached hydrogens (primary N) is 1. The molecule has 0 saturated carbocycles. The molecule has 208 valence electrons. The van der Waals surface area contributed by atoms with Gasteiger partial charge >= 0.3 is 6.03 Å². The van der Waals surface area contributed by atoms with Gasteiger partial charge in [0.2, 0.25) is 0 Å². The minimum absolute atomic E-state index is 0.0435. The summed E-state index contributed by atoms with van der Waals surface area (Å²) < 4.78 is 16.5. The molecule has 0 aliphatic rings. The van der Waals surface area contributed by atoms with Crippen LogP contribution in [-0.4, -0.2) is 63.8 Å². The first-order chi connectivity index (χ1) is 17.0. The SMILES string of the molecule is CCCC(C)(C)CNC(=O)NCC(O)C(N)CC(Cc1ccc(OC)c(OCCCOC)c1)C(C)C. The van der Waals surface area contributed by atoms with Crippen LogP contribution in [0.25, 0.3) is 0 Å². The minimum atomic E-state index is -0.823. The van der Waals surface area contributed by atoms with Crippen molar-refractivity contribution in [1.29, 1.82) is 0 Å². The van der Waals surface area contributed by atoms with Crippen LogP contribution in [0.1, 0.15) is 65.9 Å². The largest absolute Gasteiger partial charge is 0.493 e. The monoisotopic (exact) mass is 509 g/mol. The van der Waals surface area contributed by atoms with Crippen LogP contribution in [0.2, 0.25) is 0 Å². The van der Waals surface area contributed by atoms with Crippen molar-refractivity contribution in [2.24, 2.45) is 23.0 Å². The Hall–Kier alpha value is -2.03. The molecule has 3 atom stereocenters. The third-order valence-corrected chi connectivity index (χ3v) is 6.61. The predicted molar refractivity (Wildman–Crippen MR) is 146 cm³/mol. The maximum atomic E-state index is 12.2. The van der Waals surface area contributed by atoms with Crippen LogP contribution in [0.3, 0.4) is 0 Å². The lowest BCUT2D eigenvalue weighted by molar-refractivity contribution is 0.125. The van der Waals surface area contributed by atoms with E-state index < -0.39 is 12.1 Å². The lowest BCUT2D eigenvalue weighted by atomic mass is 9.83. The summed E-state index contributed by atoms with van der Waals surface area (Å²) in [5.41, 5.74) is 7.54. The second-order valence-corrected chi connectivity index (χ2v) is 10.8. The summed E-state index contributed by atoms with van der Waals surface area (Å²) in [6.07, 6.45) is 3.52. The number of urea groups is 1. The lowest BCUT2D eigenvalue weighted by Gasteiger charge is -2.28. The van der Waals surface area contributed by atoms with E-state index in [0.717, 1.165) is 37.0 Å². The molecule has 0 radical (unpaired) electrons. The number of amides is 2. The Labute approximate surface area is 218 Å². The molecule has 0 aliphatic carbocycles. The molecule has 0 bridgehead atoms. The molecule has 0 aromatic heterocycles. The summed E-state index contributed by atoms with van der Waals surface area (Å²) in [6.45, 7) is 12.6. The Morgan fingerprint density at radius 1 is 1.14 bits per heavy atom. The number of benzene rings is 1. The van der Waals surface area contributed by atoms with Crippen LogP contribution >= 0.6 is 0 Å². The molecule has 2 amide bonds. The number of ether oxygens (including phenoxy) is 3. The van der Waals surface area contributed by atoms with Crippen LogP contribution in [-0.2, 0) is 11.2 Å². The zero-order chi connectivity index (χ0) is 27.1. The second kappa shape index (κ2) is 16.7. The van der Waals surface area contributed by atoms with Crippen LogP contribution in [0.4, 0.5) is 4.79 Å². The molecule has 0 fully saturated rings. The fraction of sp³-hybridized carbons (Fsp3) is 0.750. The smallest absolute Gasteiger partial charge is 0.314 e. The second-order valence-electron chi connectivity index (χ2n) is 10.8. The quantitative estimate of drug-likeness (QED) is 0.221. The summed E-state index contributed by atoms with van der Waals surface area (Å²) in [5.74, 6) is 2.05. The molecule has 1 aromatic rings. The summed E-state index contributed by atoms with van der Waals surface area (Å²) >= 11 is 0.